The third-order valence-corrected chi connectivity index (χ3v) is 4.12. The minimum atomic E-state index is -0.436. The van der Waals surface area contributed by atoms with Gasteiger partial charge in [0, 0.05) is 6.61 Å². The van der Waals surface area contributed by atoms with Gasteiger partial charge in [-0.3, -0.25) is 0 Å². The minimum Gasteiger partial charge on any atom is -0.409 e. The lowest BCUT2D eigenvalue weighted by Crippen LogP contribution is -2.41. The molecule has 0 unspecified atom stereocenters. The largest absolute Gasteiger partial charge is 0.409 e. The monoisotopic (exact) mass is 175 g/mol. The van der Waals surface area contributed by atoms with Crippen molar-refractivity contribution in [2.24, 2.45) is 0 Å². The fraction of sp³-hybridized carbons (Fsp3) is 1.00. The zero-order valence-electron chi connectivity index (χ0n) is 8.42. The lowest BCUT2D eigenvalue weighted by Gasteiger charge is -2.29. The van der Waals surface area contributed by atoms with Crippen LogP contribution in [0, 0.1) is 0 Å². The van der Waals surface area contributed by atoms with Crippen LogP contribution in [0.3, 0.4) is 0 Å². The highest BCUT2D eigenvalue weighted by molar-refractivity contribution is 6.23. The van der Waals surface area contributed by atoms with Crippen molar-refractivity contribution >= 4 is 9.92 Å². The summed E-state index contributed by atoms with van der Waals surface area (Å²) in [4.78, 5) is 0. The molecule has 0 saturated carbocycles. The first-order valence-electron chi connectivity index (χ1n) is 4.43. The molecule has 0 saturated heterocycles. The van der Waals surface area contributed by atoms with Gasteiger partial charge >= 0.3 is 0 Å². The van der Waals surface area contributed by atoms with Crippen LogP contribution in [-0.2, 0) is 4.43 Å². The summed E-state index contributed by atoms with van der Waals surface area (Å²) in [5, 5.41) is 0. The van der Waals surface area contributed by atoms with Gasteiger partial charge in [0.15, 0.2) is 0 Å². The van der Waals surface area contributed by atoms with Crippen molar-refractivity contribution < 1.29 is 4.43 Å². The van der Waals surface area contributed by atoms with Gasteiger partial charge in [0.1, 0.15) is 0 Å². The Kier molecular flexibility index (Phi) is 5.82. The quantitative estimate of drug-likeness (QED) is 0.581. The van der Waals surface area contributed by atoms with Crippen molar-refractivity contribution in [1.29, 1.82) is 0 Å². The molecule has 0 spiro atoms. The van der Waals surface area contributed by atoms with Gasteiger partial charge in [0.05, 0.1) is 0 Å². The second-order valence-corrected chi connectivity index (χ2v) is 4.72. The number of nitrogens with zero attached hydrogens (tertiary/aromatic N) is 1. The van der Waals surface area contributed by atoms with Crippen molar-refractivity contribution in [3.05, 3.63) is 0 Å². The molecule has 0 fully saturated rings. The Hall–Kier alpha value is 0.137. The summed E-state index contributed by atoms with van der Waals surface area (Å²) in [6, 6.07) is 1.27. The molecule has 0 N–H and O–H groups in total. The maximum Gasteiger partial charge on any atom is 0.238 e. The predicted octanol–water partition coefficient (Wildman–Crippen LogP) is 1.14. The second-order valence-electron chi connectivity index (χ2n) is 3.32. The Morgan fingerprint density at radius 3 is 1.91 bits per heavy atom. The van der Waals surface area contributed by atoms with Crippen molar-refractivity contribution in [1.82, 2.24) is 4.57 Å². The van der Waals surface area contributed by atoms with Crippen molar-refractivity contribution in [2.75, 3.05) is 6.61 Å². The SMILES string of the molecule is CCO[SiH2]N(C(C)C)C(C)C. The van der Waals surface area contributed by atoms with E-state index >= 15 is 0 Å². The molecule has 0 amide bonds. The maximum atomic E-state index is 5.48. The normalized spacial score (nSPS) is 13.1. The van der Waals surface area contributed by atoms with E-state index in [2.05, 4.69) is 39.2 Å². The molecular formula is C8H21NOSi. The lowest BCUT2D eigenvalue weighted by molar-refractivity contribution is 0.239. The Morgan fingerprint density at radius 2 is 1.64 bits per heavy atom. The molecule has 68 valence electrons. The first-order valence-corrected chi connectivity index (χ1v) is 5.64. The highest BCUT2D eigenvalue weighted by Gasteiger charge is 2.12. The summed E-state index contributed by atoms with van der Waals surface area (Å²) in [5.41, 5.74) is 0. The fourth-order valence-corrected chi connectivity index (χ4v) is 2.08. The molecule has 0 heterocycles. The zero-order chi connectivity index (χ0) is 8.85. The van der Waals surface area contributed by atoms with Crippen LogP contribution in [-0.4, -0.2) is 33.2 Å². The first kappa shape index (κ1) is 11.1. The molecule has 0 aromatic rings. The highest BCUT2D eigenvalue weighted by Crippen LogP contribution is 2.02. The number of hydrogen-bond acceptors (Lipinski definition) is 2. The lowest BCUT2D eigenvalue weighted by atomic mass is 10.3. The third kappa shape index (κ3) is 4.56. The van der Waals surface area contributed by atoms with Crippen LogP contribution in [0.1, 0.15) is 34.6 Å². The molecule has 0 rings (SSSR count). The van der Waals surface area contributed by atoms with Gasteiger partial charge in [-0.25, -0.2) is 0 Å². The van der Waals surface area contributed by atoms with E-state index in [-0.39, 0.29) is 0 Å². The number of rotatable bonds is 5. The molecule has 0 radical (unpaired) electrons. The van der Waals surface area contributed by atoms with Gasteiger partial charge in [-0.2, -0.15) is 0 Å². The molecule has 0 aliphatic carbocycles. The molecule has 0 aromatic carbocycles. The predicted molar refractivity (Wildman–Crippen MR) is 52.3 cm³/mol. The summed E-state index contributed by atoms with van der Waals surface area (Å²) < 4.78 is 7.94. The van der Waals surface area contributed by atoms with Crippen LogP contribution in [0.15, 0.2) is 0 Å². The van der Waals surface area contributed by atoms with E-state index in [4.69, 9.17) is 4.43 Å². The van der Waals surface area contributed by atoms with E-state index in [9.17, 15) is 0 Å². The second kappa shape index (κ2) is 5.74. The van der Waals surface area contributed by atoms with Crippen LogP contribution in [0.5, 0.6) is 0 Å². The van der Waals surface area contributed by atoms with Gasteiger partial charge in [0.2, 0.25) is 9.92 Å². The Morgan fingerprint density at radius 1 is 1.18 bits per heavy atom. The van der Waals surface area contributed by atoms with E-state index in [1.165, 1.54) is 0 Å². The van der Waals surface area contributed by atoms with Crippen LogP contribution in [0.4, 0.5) is 0 Å². The Bertz CT molecular complexity index is 88.1. The molecule has 2 nitrogen and oxygen atoms in total. The molecule has 0 aromatic heterocycles. The molecule has 0 atom stereocenters. The van der Waals surface area contributed by atoms with Gasteiger partial charge in [-0.1, -0.05) is 27.7 Å². The zero-order valence-corrected chi connectivity index (χ0v) is 9.84. The van der Waals surface area contributed by atoms with Gasteiger partial charge in [0.25, 0.3) is 0 Å². The van der Waals surface area contributed by atoms with E-state index in [1.54, 1.807) is 0 Å². The van der Waals surface area contributed by atoms with Crippen LogP contribution in [0.2, 0.25) is 0 Å². The Balaban J connectivity index is 3.70. The summed E-state index contributed by atoms with van der Waals surface area (Å²) in [5.74, 6) is 0. The van der Waals surface area contributed by atoms with E-state index in [1.807, 2.05) is 0 Å². The average molecular weight is 175 g/mol. The molecule has 0 bridgehead atoms. The Labute approximate surface area is 72.9 Å². The van der Waals surface area contributed by atoms with E-state index in [0.717, 1.165) is 6.61 Å². The fourth-order valence-electron chi connectivity index (χ4n) is 1.09. The summed E-state index contributed by atoms with van der Waals surface area (Å²) in [6.07, 6.45) is 0. The molecule has 11 heavy (non-hydrogen) atoms. The van der Waals surface area contributed by atoms with Crippen LogP contribution >= 0.6 is 0 Å². The molecule has 0 aliphatic heterocycles. The number of hydrogen-bond donors (Lipinski definition) is 0. The van der Waals surface area contributed by atoms with E-state index in [0.29, 0.717) is 12.1 Å². The third-order valence-electron chi connectivity index (χ3n) is 1.77. The average Bonchev–Trinajstić information content (AvgIpc) is 1.87. The summed E-state index contributed by atoms with van der Waals surface area (Å²) in [6.45, 7) is 11.8. The summed E-state index contributed by atoms with van der Waals surface area (Å²) >= 11 is 0. The van der Waals surface area contributed by atoms with Crippen LogP contribution < -0.4 is 0 Å². The first-order chi connectivity index (χ1) is 5.09. The summed E-state index contributed by atoms with van der Waals surface area (Å²) in [7, 11) is -0.436. The molecule has 0 aliphatic rings. The topological polar surface area (TPSA) is 12.5 Å². The molecular weight excluding hydrogens is 154 g/mol. The molecule has 3 heteroatoms. The standard InChI is InChI=1S/C8H21NOSi/c1-6-10-11-9(7(2)3)8(4)5/h7-8H,6,11H2,1-5H3. The highest BCUT2D eigenvalue weighted by atomic mass is 28.2. The maximum absolute atomic E-state index is 5.48. The van der Waals surface area contributed by atoms with Crippen LogP contribution in [0.25, 0.3) is 0 Å². The van der Waals surface area contributed by atoms with E-state index < -0.39 is 9.92 Å². The van der Waals surface area contributed by atoms with Crippen molar-refractivity contribution in [3.63, 3.8) is 0 Å². The van der Waals surface area contributed by atoms with Crippen molar-refractivity contribution in [3.8, 4) is 0 Å². The van der Waals surface area contributed by atoms with Gasteiger partial charge < -0.3 is 8.99 Å². The smallest absolute Gasteiger partial charge is 0.238 e. The van der Waals surface area contributed by atoms with Gasteiger partial charge in [-0.05, 0) is 19.0 Å². The minimum absolute atomic E-state index is 0.436. The van der Waals surface area contributed by atoms with Crippen molar-refractivity contribution in [2.45, 2.75) is 46.7 Å². The van der Waals surface area contributed by atoms with Gasteiger partial charge in [-0.15, -0.1) is 0 Å².